The van der Waals surface area contributed by atoms with Crippen LogP contribution in [0.4, 0.5) is 10.1 Å². The molecule has 5 heteroatoms. The number of hydrogen-bond acceptors (Lipinski definition) is 4. The van der Waals surface area contributed by atoms with Crippen LogP contribution in [0.2, 0.25) is 0 Å². The number of para-hydroxylation sites is 1. The molecular weight excluding hydrogens is 311 g/mol. The molecule has 2 aromatic carbocycles. The van der Waals surface area contributed by atoms with Crippen molar-refractivity contribution in [2.75, 3.05) is 12.4 Å². The maximum atomic E-state index is 13.0. The first kappa shape index (κ1) is 15.6. The molecule has 3 nitrogen and oxygen atoms in total. The second-order valence-corrected chi connectivity index (χ2v) is 5.95. The lowest BCUT2D eigenvalue weighted by Gasteiger charge is -2.10. The quantitative estimate of drug-likeness (QED) is 0.712. The van der Waals surface area contributed by atoms with Crippen LogP contribution in [0.3, 0.4) is 0 Å². The molecular formula is C18H17FN2OS. The number of anilines is 1. The van der Waals surface area contributed by atoms with Crippen molar-refractivity contribution in [3.63, 3.8) is 0 Å². The second-order valence-electron chi connectivity index (χ2n) is 5.09. The van der Waals surface area contributed by atoms with Crippen molar-refractivity contribution in [2.45, 2.75) is 13.2 Å². The van der Waals surface area contributed by atoms with Crippen LogP contribution in [-0.4, -0.2) is 12.1 Å². The smallest absolute Gasteiger partial charge is 0.123 e. The number of hydrogen-bond donors (Lipinski definition) is 1. The van der Waals surface area contributed by atoms with E-state index in [0.29, 0.717) is 13.2 Å². The topological polar surface area (TPSA) is 34.1 Å². The second kappa shape index (κ2) is 7.35. The number of thiazole rings is 1. The van der Waals surface area contributed by atoms with E-state index in [1.165, 1.54) is 12.1 Å². The molecule has 3 aromatic rings. The van der Waals surface area contributed by atoms with E-state index in [2.05, 4.69) is 10.3 Å². The van der Waals surface area contributed by atoms with Crippen molar-refractivity contribution in [1.82, 2.24) is 4.98 Å². The molecule has 0 radical (unpaired) electrons. The van der Waals surface area contributed by atoms with Gasteiger partial charge in [-0.3, -0.25) is 0 Å². The van der Waals surface area contributed by atoms with Gasteiger partial charge >= 0.3 is 0 Å². The highest BCUT2D eigenvalue weighted by Gasteiger charge is 2.06. The molecule has 0 aliphatic carbocycles. The molecule has 0 saturated heterocycles. The van der Waals surface area contributed by atoms with Gasteiger partial charge in [0.15, 0.2) is 0 Å². The Balaban J connectivity index is 1.69. The van der Waals surface area contributed by atoms with Gasteiger partial charge in [-0.2, -0.15) is 0 Å². The molecule has 3 rings (SSSR count). The van der Waals surface area contributed by atoms with Gasteiger partial charge in [-0.15, -0.1) is 11.3 Å². The fraction of sp³-hybridized carbons (Fsp3) is 0.167. The van der Waals surface area contributed by atoms with E-state index >= 15 is 0 Å². The number of halogens is 1. The molecule has 0 bridgehead atoms. The zero-order valence-electron chi connectivity index (χ0n) is 12.8. The fourth-order valence-corrected chi connectivity index (χ4v) is 3.10. The minimum atomic E-state index is -0.234. The number of aromatic nitrogens is 1. The summed E-state index contributed by atoms with van der Waals surface area (Å²) in [5.41, 5.74) is 4.05. The third kappa shape index (κ3) is 3.94. The zero-order valence-corrected chi connectivity index (χ0v) is 13.6. The summed E-state index contributed by atoms with van der Waals surface area (Å²) in [6.45, 7) is 1.21. The summed E-state index contributed by atoms with van der Waals surface area (Å²) in [7, 11) is 1.69. The van der Waals surface area contributed by atoms with Crippen LogP contribution in [0.5, 0.6) is 0 Å². The van der Waals surface area contributed by atoms with Crippen molar-refractivity contribution in [3.05, 3.63) is 71.0 Å². The van der Waals surface area contributed by atoms with Gasteiger partial charge in [0.2, 0.25) is 0 Å². The molecule has 0 fully saturated rings. The molecule has 118 valence electrons. The number of nitrogens with one attached hydrogen (secondary N) is 1. The van der Waals surface area contributed by atoms with Crippen molar-refractivity contribution in [3.8, 4) is 10.6 Å². The summed E-state index contributed by atoms with van der Waals surface area (Å²) in [6.07, 6.45) is 0. The maximum absolute atomic E-state index is 13.0. The molecule has 0 saturated carbocycles. The van der Waals surface area contributed by atoms with Crippen LogP contribution < -0.4 is 5.32 Å². The van der Waals surface area contributed by atoms with E-state index in [0.717, 1.165) is 27.5 Å². The van der Waals surface area contributed by atoms with Gasteiger partial charge in [-0.05, 0) is 30.3 Å². The summed E-state index contributed by atoms with van der Waals surface area (Å²) in [5, 5.41) is 6.31. The van der Waals surface area contributed by atoms with E-state index in [1.807, 2.05) is 29.6 Å². The van der Waals surface area contributed by atoms with E-state index in [9.17, 15) is 4.39 Å². The maximum Gasteiger partial charge on any atom is 0.123 e. The SMILES string of the molecule is COCc1ccccc1NCc1csc(-c2ccc(F)cc2)n1. The summed E-state index contributed by atoms with van der Waals surface area (Å²) in [5.74, 6) is -0.234. The third-order valence-corrected chi connectivity index (χ3v) is 4.36. The molecule has 0 unspecified atom stereocenters. The molecule has 0 atom stereocenters. The highest BCUT2D eigenvalue weighted by atomic mass is 32.1. The van der Waals surface area contributed by atoms with Gasteiger partial charge in [-0.25, -0.2) is 9.37 Å². The zero-order chi connectivity index (χ0) is 16.1. The first-order chi connectivity index (χ1) is 11.3. The average molecular weight is 328 g/mol. The monoisotopic (exact) mass is 328 g/mol. The number of benzene rings is 2. The fourth-order valence-electron chi connectivity index (χ4n) is 2.27. The van der Waals surface area contributed by atoms with E-state index in [1.54, 1.807) is 30.6 Å². The Hall–Kier alpha value is -2.24. The predicted octanol–water partition coefficient (Wildman–Crippen LogP) is 4.71. The van der Waals surface area contributed by atoms with Crippen LogP contribution in [0, 0.1) is 5.82 Å². The number of nitrogens with zero attached hydrogens (tertiary/aromatic N) is 1. The molecule has 0 spiro atoms. The Bertz CT molecular complexity index is 771. The number of methoxy groups -OCH3 is 1. The van der Waals surface area contributed by atoms with Gasteiger partial charge in [0.1, 0.15) is 10.8 Å². The first-order valence-corrected chi connectivity index (χ1v) is 8.15. The molecule has 23 heavy (non-hydrogen) atoms. The highest BCUT2D eigenvalue weighted by molar-refractivity contribution is 7.13. The Kier molecular flexibility index (Phi) is 5.00. The lowest BCUT2D eigenvalue weighted by molar-refractivity contribution is 0.185. The van der Waals surface area contributed by atoms with Crippen LogP contribution in [-0.2, 0) is 17.9 Å². The van der Waals surface area contributed by atoms with Crippen LogP contribution in [0.1, 0.15) is 11.3 Å². The standard InChI is InChI=1S/C18H17FN2OS/c1-22-11-14-4-2-3-5-17(14)20-10-16-12-23-18(21-16)13-6-8-15(19)9-7-13/h2-9,12,20H,10-11H2,1H3. The number of rotatable bonds is 6. The first-order valence-electron chi connectivity index (χ1n) is 7.27. The van der Waals surface area contributed by atoms with Gasteiger partial charge in [-0.1, -0.05) is 18.2 Å². The van der Waals surface area contributed by atoms with Crippen molar-refractivity contribution >= 4 is 17.0 Å². The summed E-state index contributed by atoms with van der Waals surface area (Å²) >= 11 is 1.56. The average Bonchev–Trinajstić information content (AvgIpc) is 3.04. The lowest BCUT2D eigenvalue weighted by Crippen LogP contribution is -2.03. The van der Waals surface area contributed by atoms with Crippen molar-refractivity contribution in [1.29, 1.82) is 0 Å². The molecule has 1 heterocycles. The lowest BCUT2D eigenvalue weighted by atomic mass is 10.2. The van der Waals surface area contributed by atoms with Gasteiger partial charge in [0.05, 0.1) is 18.8 Å². The van der Waals surface area contributed by atoms with Crippen molar-refractivity contribution in [2.24, 2.45) is 0 Å². The normalized spacial score (nSPS) is 10.7. The van der Waals surface area contributed by atoms with E-state index < -0.39 is 0 Å². The van der Waals surface area contributed by atoms with Crippen molar-refractivity contribution < 1.29 is 9.13 Å². The minimum Gasteiger partial charge on any atom is -0.380 e. The third-order valence-electron chi connectivity index (χ3n) is 3.42. The van der Waals surface area contributed by atoms with Gasteiger partial charge < -0.3 is 10.1 Å². The van der Waals surface area contributed by atoms with E-state index in [4.69, 9.17) is 4.74 Å². The Morgan fingerprint density at radius 2 is 1.91 bits per heavy atom. The minimum absolute atomic E-state index is 0.234. The van der Waals surface area contributed by atoms with Crippen LogP contribution >= 0.6 is 11.3 Å². The molecule has 0 amide bonds. The Labute approximate surface area is 138 Å². The van der Waals surface area contributed by atoms with Gasteiger partial charge in [0, 0.05) is 29.3 Å². The summed E-state index contributed by atoms with van der Waals surface area (Å²) < 4.78 is 18.2. The molecule has 1 N–H and O–H groups in total. The summed E-state index contributed by atoms with van der Waals surface area (Å²) in [6, 6.07) is 14.5. The van der Waals surface area contributed by atoms with Crippen LogP contribution in [0.25, 0.3) is 10.6 Å². The summed E-state index contributed by atoms with van der Waals surface area (Å²) in [4.78, 5) is 4.60. The largest absolute Gasteiger partial charge is 0.380 e. The molecule has 0 aliphatic heterocycles. The van der Waals surface area contributed by atoms with Gasteiger partial charge in [0.25, 0.3) is 0 Å². The molecule has 1 aromatic heterocycles. The highest BCUT2D eigenvalue weighted by Crippen LogP contribution is 2.24. The van der Waals surface area contributed by atoms with Crippen LogP contribution in [0.15, 0.2) is 53.9 Å². The number of ether oxygens (including phenoxy) is 1. The van der Waals surface area contributed by atoms with E-state index in [-0.39, 0.29) is 5.82 Å². The molecule has 0 aliphatic rings. The Morgan fingerprint density at radius 1 is 1.13 bits per heavy atom. The Morgan fingerprint density at radius 3 is 2.70 bits per heavy atom. The predicted molar refractivity (Wildman–Crippen MR) is 92.0 cm³/mol.